The summed E-state index contributed by atoms with van der Waals surface area (Å²) in [5.41, 5.74) is 1.68. The average Bonchev–Trinajstić information content (AvgIpc) is 2.47. The maximum absolute atomic E-state index is 14.3. The fourth-order valence-corrected chi connectivity index (χ4v) is 2.78. The van der Waals surface area contributed by atoms with E-state index in [0.29, 0.717) is 24.1 Å². The second-order valence-corrected chi connectivity index (χ2v) is 6.42. The zero-order valence-corrected chi connectivity index (χ0v) is 13.1. The van der Waals surface area contributed by atoms with Gasteiger partial charge in [0.15, 0.2) is 0 Å². The lowest BCUT2D eigenvalue weighted by Crippen LogP contribution is -2.35. The molecule has 118 valence electrons. The van der Waals surface area contributed by atoms with Crippen molar-refractivity contribution in [3.05, 3.63) is 29.6 Å². The van der Waals surface area contributed by atoms with Gasteiger partial charge in [-0.3, -0.25) is 0 Å². The summed E-state index contributed by atoms with van der Waals surface area (Å²) in [4.78, 5) is 2.09. The maximum atomic E-state index is 14.3. The van der Waals surface area contributed by atoms with Crippen LogP contribution < -0.4 is 10.2 Å². The molecule has 1 aliphatic heterocycles. The third-order valence-corrected chi connectivity index (χ3v) is 4.11. The van der Waals surface area contributed by atoms with Crippen LogP contribution in [0, 0.1) is 17.7 Å². The molecule has 0 amide bonds. The molecule has 1 aromatic rings. The van der Waals surface area contributed by atoms with E-state index >= 15 is 0 Å². The number of nitrogens with one attached hydrogen (secondary N) is 1. The molecule has 21 heavy (non-hydrogen) atoms. The topological polar surface area (TPSA) is 35.5 Å². The Kier molecular flexibility index (Phi) is 6.00. The highest BCUT2D eigenvalue weighted by molar-refractivity contribution is 5.49. The van der Waals surface area contributed by atoms with Crippen molar-refractivity contribution in [2.75, 3.05) is 31.1 Å². The lowest BCUT2D eigenvalue weighted by atomic mass is 9.97. The first kappa shape index (κ1) is 16.2. The maximum Gasteiger partial charge on any atom is 0.146 e. The highest BCUT2D eigenvalue weighted by atomic mass is 19.1. The number of anilines is 1. The zero-order valence-electron chi connectivity index (χ0n) is 13.1. The van der Waals surface area contributed by atoms with Gasteiger partial charge in [-0.25, -0.2) is 4.39 Å². The number of hydrogen-bond acceptors (Lipinski definition) is 3. The van der Waals surface area contributed by atoms with E-state index in [1.54, 1.807) is 6.07 Å². The van der Waals surface area contributed by atoms with Crippen molar-refractivity contribution < 1.29 is 9.50 Å². The van der Waals surface area contributed by atoms with Crippen molar-refractivity contribution in [2.24, 2.45) is 11.8 Å². The van der Waals surface area contributed by atoms with Crippen LogP contribution in [0.15, 0.2) is 18.2 Å². The highest BCUT2D eigenvalue weighted by Gasteiger charge is 2.20. The van der Waals surface area contributed by atoms with E-state index in [2.05, 4.69) is 24.1 Å². The smallest absolute Gasteiger partial charge is 0.146 e. The molecule has 0 bridgehead atoms. The quantitative estimate of drug-likeness (QED) is 0.847. The number of hydrogen-bond donors (Lipinski definition) is 2. The first-order valence-corrected chi connectivity index (χ1v) is 7.95. The van der Waals surface area contributed by atoms with E-state index in [0.717, 1.165) is 38.0 Å². The first-order valence-electron chi connectivity index (χ1n) is 7.95. The molecule has 0 aromatic heterocycles. The van der Waals surface area contributed by atoms with Crippen LogP contribution in [0.25, 0.3) is 0 Å². The molecule has 2 N–H and O–H groups in total. The Bertz CT molecular complexity index is 442. The Hall–Kier alpha value is -1.13. The van der Waals surface area contributed by atoms with Gasteiger partial charge in [-0.1, -0.05) is 19.9 Å². The Morgan fingerprint density at radius 3 is 2.62 bits per heavy atom. The number of aliphatic hydroxyl groups excluding tert-OH is 1. The van der Waals surface area contributed by atoms with Gasteiger partial charge in [0.2, 0.25) is 0 Å². The minimum Gasteiger partial charge on any atom is -0.396 e. The molecule has 0 unspecified atom stereocenters. The van der Waals surface area contributed by atoms with Gasteiger partial charge in [0.05, 0.1) is 5.69 Å². The highest BCUT2D eigenvalue weighted by Crippen LogP contribution is 2.26. The van der Waals surface area contributed by atoms with Gasteiger partial charge < -0.3 is 15.3 Å². The number of aliphatic hydroxyl groups is 1. The normalized spacial score (nSPS) is 16.7. The largest absolute Gasteiger partial charge is 0.396 e. The molecule has 0 radical (unpaired) electrons. The molecule has 2 rings (SSSR count). The molecule has 0 saturated carbocycles. The second-order valence-electron chi connectivity index (χ2n) is 6.42. The minimum absolute atomic E-state index is 0.138. The standard InChI is InChI=1S/C17H27FN2O/c1-13(2)10-19-11-15-3-4-17(16(18)9-15)20-7-5-14(12-21)6-8-20/h3-4,9,13-14,19,21H,5-8,10-12H2,1-2H3. The van der Waals surface area contributed by atoms with Gasteiger partial charge in [0.1, 0.15) is 5.82 Å². The van der Waals surface area contributed by atoms with Crippen molar-refractivity contribution in [1.29, 1.82) is 0 Å². The monoisotopic (exact) mass is 294 g/mol. The van der Waals surface area contributed by atoms with Crippen molar-refractivity contribution in [3.8, 4) is 0 Å². The number of halogens is 1. The molecule has 1 aliphatic rings. The average molecular weight is 294 g/mol. The van der Waals surface area contributed by atoms with Crippen molar-refractivity contribution in [1.82, 2.24) is 5.32 Å². The fourth-order valence-electron chi connectivity index (χ4n) is 2.78. The number of benzene rings is 1. The predicted molar refractivity (Wildman–Crippen MR) is 85.0 cm³/mol. The van der Waals surface area contributed by atoms with Crippen LogP contribution in [-0.2, 0) is 6.54 Å². The van der Waals surface area contributed by atoms with Crippen molar-refractivity contribution in [2.45, 2.75) is 33.2 Å². The van der Waals surface area contributed by atoms with E-state index < -0.39 is 0 Å². The van der Waals surface area contributed by atoms with Gasteiger partial charge in [0, 0.05) is 26.2 Å². The molecule has 0 aliphatic carbocycles. The molecule has 0 spiro atoms. The van der Waals surface area contributed by atoms with Gasteiger partial charge in [0.25, 0.3) is 0 Å². The van der Waals surface area contributed by atoms with Gasteiger partial charge >= 0.3 is 0 Å². The Morgan fingerprint density at radius 1 is 1.33 bits per heavy atom. The van der Waals surface area contributed by atoms with Gasteiger partial charge in [-0.05, 0) is 48.9 Å². The molecular formula is C17H27FN2O. The SMILES string of the molecule is CC(C)CNCc1ccc(N2CCC(CO)CC2)c(F)c1. The summed E-state index contributed by atoms with van der Waals surface area (Å²) in [7, 11) is 0. The van der Waals surface area contributed by atoms with E-state index in [4.69, 9.17) is 5.11 Å². The summed E-state index contributed by atoms with van der Waals surface area (Å²) in [5, 5.41) is 12.5. The van der Waals surface area contributed by atoms with Crippen LogP contribution in [0.2, 0.25) is 0 Å². The molecular weight excluding hydrogens is 267 g/mol. The van der Waals surface area contributed by atoms with Crippen LogP contribution in [0.5, 0.6) is 0 Å². The van der Waals surface area contributed by atoms with Crippen molar-refractivity contribution >= 4 is 5.69 Å². The van der Waals surface area contributed by atoms with E-state index in [-0.39, 0.29) is 12.4 Å². The minimum atomic E-state index is -0.138. The number of nitrogens with zero attached hydrogens (tertiary/aromatic N) is 1. The first-order chi connectivity index (χ1) is 10.1. The Morgan fingerprint density at radius 2 is 2.05 bits per heavy atom. The predicted octanol–water partition coefficient (Wildman–Crippen LogP) is 2.78. The molecule has 1 saturated heterocycles. The third kappa shape index (κ3) is 4.68. The summed E-state index contributed by atoms with van der Waals surface area (Å²) in [6.45, 7) is 7.87. The molecule has 1 fully saturated rings. The molecule has 0 atom stereocenters. The van der Waals surface area contributed by atoms with Crippen LogP contribution in [0.3, 0.4) is 0 Å². The number of piperidine rings is 1. The van der Waals surface area contributed by atoms with E-state index in [1.165, 1.54) is 0 Å². The van der Waals surface area contributed by atoms with Crippen molar-refractivity contribution in [3.63, 3.8) is 0 Å². The van der Waals surface area contributed by atoms with Crippen LogP contribution in [0.4, 0.5) is 10.1 Å². The molecule has 1 aromatic carbocycles. The summed E-state index contributed by atoms with van der Waals surface area (Å²) in [6, 6.07) is 5.53. The van der Waals surface area contributed by atoms with Gasteiger partial charge in [-0.2, -0.15) is 0 Å². The van der Waals surface area contributed by atoms with Crippen LogP contribution in [-0.4, -0.2) is 31.3 Å². The molecule has 3 nitrogen and oxygen atoms in total. The Labute approximate surface area is 127 Å². The van der Waals surface area contributed by atoms with Crippen LogP contribution >= 0.6 is 0 Å². The summed E-state index contributed by atoms with van der Waals surface area (Å²) in [6.07, 6.45) is 1.88. The fraction of sp³-hybridized carbons (Fsp3) is 0.647. The third-order valence-electron chi connectivity index (χ3n) is 4.11. The molecule has 4 heteroatoms. The van der Waals surface area contributed by atoms with Crippen LogP contribution in [0.1, 0.15) is 32.3 Å². The van der Waals surface area contributed by atoms with E-state index in [9.17, 15) is 4.39 Å². The zero-order chi connectivity index (χ0) is 15.2. The van der Waals surface area contributed by atoms with Gasteiger partial charge in [-0.15, -0.1) is 0 Å². The van der Waals surface area contributed by atoms with E-state index in [1.807, 2.05) is 12.1 Å². The second kappa shape index (κ2) is 7.76. The lowest BCUT2D eigenvalue weighted by Gasteiger charge is -2.33. The molecule has 1 heterocycles. The number of rotatable bonds is 6. The summed E-state index contributed by atoms with van der Waals surface area (Å²) in [5.74, 6) is 0.840. The lowest BCUT2D eigenvalue weighted by molar-refractivity contribution is 0.203. The summed E-state index contributed by atoms with van der Waals surface area (Å²) >= 11 is 0. The Balaban J connectivity index is 1.93. The summed E-state index contributed by atoms with van der Waals surface area (Å²) < 4.78 is 14.3.